The highest BCUT2D eigenvalue weighted by molar-refractivity contribution is 6.30. The summed E-state index contributed by atoms with van der Waals surface area (Å²) in [6.07, 6.45) is 9.52. The first kappa shape index (κ1) is 16.6. The van der Waals surface area contributed by atoms with Gasteiger partial charge >= 0.3 is 6.03 Å². The third-order valence-corrected chi connectivity index (χ3v) is 4.58. The summed E-state index contributed by atoms with van der Waals surface area (Å²) in [5.74, 6) is 0.721. The van der Waals surface area contributed by atoms with Crippen LogP contribution in [0.25, 0.3) is 5.82 Å². The van der Waals surface area contributed by atoms with E-state index in [4.69, 9.17) is 11.6 Å². The van der Waals surface area contributed by atoms with Gasteiger partial charge in [0.05, 0.1) is 17.3 Å². The van der Waals surface area contributed by atoms with Crippen LogP contribution in [0, 0.1) is 0 Å². The molecule has 134 valence electrons. The number of pyridine rings is 1. The SMILES string of the molecule is O=C(NCc1ccnc(-n2cccn2)c1)N1CCC(n2cc(Cl)cn2)C1. The van der Waals surface area contributed by atoms with E-state index >= 15 is 0 Å². The highest BCUT2D eigenvalue weighted by atomic mass is 35.5. The molecule has 1 N–H and O–H groups in total. The fourth-order valence-corrected chi connectivity index (χ4v) is 3.19. The number of hydrogen-bond acceptors (Lipinski definition) is 4. The molecule has 0 spiro atoms. The highest BCUT2D eigenvalue weighted by Crippen LogP contribution is 2.22. The molecule has 0 aliphatic carbocycles. The summed E-state index contributed by atoms with van der Waals surface area (Å²) in [6, 6.07) is 5.72. The van der Waals surface area contributed by atoms with Crippen LogP contribution in [0.5, 0.6) is 0 Å². The number of likely N-dealkylation sites (tertiary alicyclic amines) is 1. The normalized spacial score (nSPS) is 16.8. The van der Waals surface area contributed by atoms with Crippen LogP contribution in [-0.2, 0) is 6.54 Å². The van der Waals surface area contributed by atoms with Gasteiger partial charge in [0.2, 0.25) is 0 Å². The number of nitrogens with zero attached hydrogens (tertiary/aromatic N) is 6. The lowest BCUT2D eigenvalue weighted by molar-refractivity contribution is 0.206. The predicted molar refractivity (Wildman–Crippen MR) is 96.1 cm³/mol. The molecule has 26 heavy (non-hydrogen) atoms. The molecule has 4 rings (SSSR count). The molecule has 0 radical (unpaired) electrons. The van der Waals surface area contributed by atoms with Crippen molar-refractivity contribution in [1.82, 2.24) is 34.8 Å². The number of urea groups is 1. The van der Waals surface area contributed by atoms with Gasteiger partial charge in [-0.3, -0.25) is 4.68 Å². The van der Waals surface area contributed by atoms with Gasteiger partial charge in [-0.1, -0.05) is 11.6 Å². The minimum atomic E-state index is -0.0804. The van der Waals surface area contributed by atoms with Gasteiger partial charge in [-0.15, -0.1) is 0 Å². The number of rotatable bonds is 4. The molecule has 1 atom stereocenters. The molecular formula is C17H18ClN7O. The number of halogens is 1. The van der Waals surface area contributed by atoms with Crippen molar-refractivity contribution >= 4 is 17.6 Å². The molecular weight excluding hydrogens is 354 g/mol. The van der Waals surface area contributed by atoms with Crippen LogP contribution in [0.4, 0.5) is 4.79 Å². The van der Waals surface area contributed by atoms with E-state index in [0.29, 0.717) is 24.7 Å². The molecule has 1 aliphatic heterocycles. The first-order chi connectivity index (χ1) is 12.7. The Morgan fingerprint density at radius 2 is 2.27 bits per heavy atom. The summed E-state index contributed by atoms with van der Waals surface area (Å²) in [6.45, 7) is 1.76. The average molecular weight is 372 g/mol. The molecule has 8 nitrogen and oxygen atoms in total. The van der Waals surface area contributed by atoms with E-state index in [1.807, 2.05) is 29.1 Å². The molecule has 4 heterocycles. The van der Waals surface area contributed by atoms with Crippen molar-refractivity contribution < 1.29 is 4.79 Å². The van der Waals surface area contributed by atoms with Crippen LogP contribution < -0.4 is 5.32 Å². The highest BCUT2D eigenvalue weighted by Gasteiger charge is 2.27. The molecule has 2 amide bonds. The maximum Gasteiger partial charge on any atom is 0.317 e. The van der Waals surface area contributed by atoms with Crippen LogP contribution in [0.1, 0.15) is 18.0 Å². The van der Waals surface area contributed by atoms with E-state index in [0.717, 1.165) is 17.8 Å². The topological polar surface area (TPSA) is 80.9 Å². The Kier molecular flexibility index (Phi) is 4.57. The van der Waals surface area contributed by atoms with Crippen molar-refractivity contribution in [2.24, 2.45) is 0 Å². The zero-order valence-electron chi connectivity index (χ0n) is 14.0. The molecule has 1 fully saturated rings. The molecule has 3 aromatic heterocycles. The average Bonchev–Trinajstić information content (AvgIpc) is 3.40. The van der Waals surface area contributed by atoms with Gasteiger partial charge in [-0.2, -0.15) is 10.2 Å². The molecule has 1 unspecified atom stereocenters. The van der Waals surface area contributed by atoms with Crippen LogP contribution in [0.3, 0.4) is 0 Å². The molecule has 1 saturated heterocycles. The van der Waals surface area contributed by atoms with Crippen molar-refractivity contribution in [2.45, 2.75) is 19.0 Å². The Morgan fingerprint density at radius 1 is 1.35 bits per heavy atom. The van der Waals surface area contributed by atoms with E-state index < -0.39 is 0 Å². The Morgan fingerprint density at radius 3 is 3.04 bits per heavy atom. The Bertz CT molecular complexity index is 892. The van der Waals surface area contributed by atoms with Crippen molar-refractivity contribution in [1.29, 1.82) is 0 Å². The number of carbonyl (C=O) groups is 1. The number of nitrogens with one attached hydrogen (secondary N) is 1. The zero-order chi connectivity index (χ0) is 17.9. The van der Waals surface area contributed by atoms with Crippen LogP contribution in [-0.4, -0.2) is 48.6 Å². The van der Waals surface area contributed by atoms with Crippen molar-refractivity contribution in [3.8, 4) is 5.82 Å². The Labute approximate surface area is 155 Å². The van der Waals surface area contributed by atoms with Crippen molar-refractivity contribution in [3.05, 3.63) is 59.8 Å². The molecule has 1 aliphatic rings. The second-order valence-electron chi connectivity index (χ2n) is 6.16. The van der Waals surface area contributed by atoms with E-state index in [-0.39, 0.29) is 12.1 Å². The largest absolute Gasteiger partial charge is 0.334 e. The van der Waals surface area contributed by atoms with E-state index in [2.05, 4.69) is 20.5 Å². The third-order valence-electron chi connectivity index (χ3n) is 4.39. The van der Waals surface area contributed by atoms with Crippen LogP contribution in [0.15, 0.2) is 49.2 Å². The van der Waals surface area contributed by atoms with Gasteiger partial charge in [0.25, 0.3) is 0 Å². The Hall–Kier alpha value is -2.87. The fourth-order valence-electron chi connectivity index (χ4n) is 3.05. The van der Waals surface area contributed by atoms with Crippen molar-refractivity contribution in [2.75, 3.05) is 13.1 Å². The number of aromatic nitrogens is 5. The maximum atomic E-state index is 12.4. The predicted octanol–water partition coefficient (Wildman–Crippen LogP) is 2.27. The standard InChI is InChI=1S/C17H18ClN7O/c18-14-10-22-25(11-14)15-3-7-23(12-15)17(26)20-9-13-2-5-19-16(8-13)24-6-1-4-21-24/h1-2,4-6,8,10-11,15H,3,7,9,12H2,(H,20,26). The summed E-state index contributed by atoms with van der Waals surface area (Å²) < 4.78 is 3.51. The molecule has 9 heteroatoms. The monoisotopic (exact) mass is 371 g/mol. The van der Waals surface area contributed by atoms with E-state index in [9.17, 15) is 4.79 Å². The quantitative estimate of drug-likeness (QED) is 0.762. The first-order valence-electron chi connectivity index (χ1n) is 8.36. The fraction of sp³-hybridized carbons (Fsp3) is 0.294. The van der Waals surface area contributed by atoms with Crippen LogP contribution >= 0.6 is 11.6 Å². The van der Waals surface area contributed by atoms with Gasteiger partial charge in [0.15, 0.2) is 5.82 Å². The summed E-state index contributed by atoms with van der Waals surface area (Å²) in [4.78, 5) is 18.5. The lowest BCUT2D eigenvalue weighted by Crippen LogP contribution is -2.38. The smallest absolute Gasteiger partial charge is 0.317 e. The lowest BCUT2D eigenvalue weighted by atomic mass is 10.2. The molecule has 0 aromatic carbocycles. The van der Waals surface area contributed by atoms with E-state index in [1.165, 1.54) is 0 Å². The first-order valence-corrected chi connectivity index (χ1v) is 8.74. The molecule has 0 saturated carbocycles. The molecule has 3 aromatic rings. The van der Waals surface area contributed by atoms with Crippen molar-refractivity contribution in [3.63, 3.8) is 0 Å². The second-order valence-corrected chi connectivity index (χ2v) is 6.60. The summed E-state index contributed by atoms with van der Waals surface area (Å²) in [7, 11) is 0. The lowest BCUT2D eigenvalue weighted by Gasteiger charge is -2.17. The second kappa shape index (κ2) is 7.17. The van der Waals surface area contributed by atoms with Gasteiger partial charge in [-0.05, 0) is 30.2 Å². The third kappa shape index (κ3) is 3.55. The van der Waals surface area contributed by atoms with Gasteiger partial charge in [0, 0.05) is 44.4 Å². The summed E-state index contributed by atoms with van der Waals surface area (Å²) >= 11 is 5.92. The van der Waals surface area contributed by atoms with Crippen LogP contribution in [0.2, 0.25) is 5.02 Å². The minimum absolute atomic E-state index is 0.0804. The van der Waals surface area contributed by atoms with E-state index in [1.54, 1.807) is 34.4 Å². The summed E-state index contributed by atoms with van der Waals surface area (Å²) in [5, 5.41) is 12.0. The molecule has 0 bridgehead atoms. The number of amides is 2. The summed E-state index contributed by atoms with van der Waals surface area (Å²) in [5.41, 5.74) is 0.966. The van der Waals surface area contributed by atoms with Gasteiger partial charge in [0.1, 0.15) is 0 Å². The number of carbonyl (C=O) groups excluding carboxylic acids is 1. The van der Waals surface area contributed by atoms with Gasteiger partial charge < -0.3 is 10.2 Å². The number of hydrogen-bond donors (Lipinski definition) is 1. The maximum absolute atomic E-state index is 12.4. The van der Waals surface area contributed by atoms with Gasteiger partial charge in [-0.25, -0.2) is 14.5 Å². The Balaban J connectivity index is 1.34. The minimum Gasteiger partial charge on any atom is -0.334 e. The zero-order valence-corrected chi connectivity index (χ0v) is 14.8.